The molecule has 23 heavy (non-hydrogen) atoms. The number of amides is 2. The molecule has 0 N–H and O–H groups in total. The molecule has 1 aromatic carbocycles. The van der Waals surface area contributed by atoms with Gasteiger partial charge < -0.3 is 9.80 Å². The second-order valence-corrected chi connectivity index (χ2v) is 5.67. The molecule has 3 rings (SSSR count). The first-order valence-corrected chi connectivity index (χ1v) is 7.71. The number of carbonyl (C=O) groups excluding carboxylic acids is 2. The van der Waals surface area contributed by atoms with Crippen molar-refractivity contribution >= 4 is 11.8 Å². The summed E-state index contributed by atoms with van der Waals surface area (Å²) >= 11 is 0. The standard InChI is InChI=1S/C18H19N3O2/c1-14-5-4-6-15(13-14)17(22)20-9-11-21(12-10-20)18(23)16-7-2-3-8-19-16/h2-8,13H,9-12H2,1H3. The van der Waals surface area contributed by atoms with E-state index in [1.807, 2.05) is 31.2 Å². The van der Waals surface area contributed by atoms with Crippen LogP contribution in [-0.4, -0.2) is 52.8 Å². The lowest BCUT2D eigenvalue weighted by Crippen LogP contribution is -2.50. The fourth-order valence-corrected chi connectivity index (χ4v) is 2.72. The first kappa shape index (κ1) is 15.2. The molecule has 0 atom stereocenters. The highest BCUT2D eigenvalue weighted by molar-refractivity contribution is 5.95. The molecule has 1 aromatic heterocycles. The van der Waals surface area contributed by atoms with E-state index in [-0.39, 0.29) is 11.8 Å². The Morgan fingerprint density at radius 1 is 0.913 bits per heavy atom. The van der Waals surface area contributed by atoms with Crippen molar-refractivity contribution in [2.45, 2.75) is 6.92 Å². The van der Waals surface area contributed by atoms with Crippen LogP contribution in [0.2, 0.25) is 0 Å². The molecule has 0 radical (unpaired) electrons. The predicted octanol–water partition coefficient (Wildman–Crippen LogP) is 1.99. The van der Waals surface area contributed by atoms with Gasteiger partial charge in [-0.25, -0.2) is 0 Å². The van der Waals surface area contributed by atoms with Crippen LogP contribution in [0.5, 0.6) is 0 Å². The second-order valence-electron chi connectivity index (χ2n) is 5.67. The molecule has 118 valence electrons. The molecular formula is C18H19N3O2. The van der Waals surface area contributed by atoms with Crippen molar-refractivity contribution in [1.29, 1.82) is 0 Å². The average molecular weight is 309 g/mol. The van der Waals surface area contributed by atoms with Gasteiger partial charge in [-0.15, -0.1) is 0 Å². The highest BCUT2D eigenvalue weighted by atomic mass is 16.2. The molecule has 0 bridgehead atoms. The third kappa shape index (κ3) is 3.39. The number of hydrogen-bond acceptors (Lipinski definition) is 3. The highest BCUT2D eigenvalue weighted by Gasteiger charge is 2.25. The number of nitrogens with zero attached hydrogens (tertiary/aromatic N) is 3. The van der Waals surface area contributed by atoms with Gasteiger partial charge in [-0.1, -0.05) is 23.8 Å². The van der Waals surface area contributed by atoms with E-state index in [0.717, 1.165) is 5.56 Å². The van der Waals surface area contributed by atoms with Crippen molar-refractivity contribution in [1.82, 2.24) is 14.8 Å². The van der Waals surface area contributed by atoms with E-state index in [2.05, 4.69) is 4.98 Å². The molecular weight excluding hydrogens is 290 g/mol. The molecule has 0 unspecified atom stereocenters. The minimum absolute atomic E-state index is 0.0265. The largest absolute Gasteiger partial charge is 0.335 e. The maximum Gasteiger partial charge on any atom is 0.272 e. The van der Waals surface area contributed by atoms with E-state index in [1.54, 1.807) is 34.2 Å². The lowest BCUT2D eigenvalue weighted by Gasteiger charge is -2.34. The number of aromatic nitrogens is 1. The monoisotopic (exact) mass is 309 g/mol. The van der Waals surface area contributed by atoms with Gasteiger partial charge in [0, 0.05) is 37.9 Å². The van der Waals surface area contributed by atoms with Gasteiger partial charge in [-0.05, 0) is 31.2 Å². The minimum atomic E-state index is -0.0757. The third-order valence-corrected chi connectivity index (χ3v) is 4.00. The van der Waals surface area contributed by atoms with Crippen molar-refractivity contribution in [3.05, 3.63) is 65.5 Å². The van der Waals surface area contributed by atoms with Gasteiger partial charge in [0.05, 0.1) is 0 Å². The summed E-state index contributed by atoms with van der Waals surface area (Å²) < 4.78 is 0. The zero-order valence-electron chi connectivity index (χ0n) is 13.1. The first-order valence-electron chi connectivity index (χ1n) is 7.71. The van der Waals surface area contributed by atoms with E-state index >= 15 is 0 Å². The normalized spacial score (nSPS) is 14.7. The van der Waals surface area contributed by atoms with E-state index in [9.17, 15) is 9.59 Å². The van der Waals surface area contributed by atoms with Crippen LogP contribution in [0.25, 0.3) is 0 Å². The molecule has 2 amide bonds. The zero-order chi connectivity index (χ0) is 16.2. The van der Waals surface area contributed by atoms with Crippen molar-refractivity contribution in [3.63, 3.8) is 0 Å². The van der Waals surface area contributed by atoms with E-state index in [4.69, 9.17) is 0 Å². The Balaban J connectivity index is 1.62. The summed E-state index contributed by atoms with van der Waals surface area (Å²) in [4.78, 5) is 32.5. The van der Waals surface area contributed by atoms with E-state index < -0.39 is 0 Å². The number of benzene rings is 1. The number of carbonyl (C=O) groups is 2. The second kappa shape index (κ2) is 6.60. The molecule has 1 fully saturated rings. The summed E-state index contributed by atoms with van der Waals surface area (Å²) in [5.41, 5.74) is 2.22. The first-order chi connectivity index (χ1) is 11.1. The summed E-state index contributed by atoms with van der Waals surface area (Å²) in [6.45, 7) is 4.14. The fourth-order valence-electron chi connectivity index (χ4n) is 2.72. The molecule has 5 heteroatoms. The van der Waals surface area contributed by atoms with Crippen LogP contribution in [-0.2, 0) is 0 Å². The smallest absolute Gasteiger partial charge is 0.272 e. The molecule has 1 aliphatic heterocycles. The van der Waals surface area contributed by atoms with Gasteiger partial charge in [0.25, 0.3) is 11.8 Å². The molecule has 1 aliphatic rings. The maximum absolute atomic E-state index is 12.5. The number of pyridine rings is 1. The minimum Gasteiger partial charge on any atom is -0.335 e. The lowest BCUT2D eigenvalue weighted by molar-refractivity contribution is 0.0532. The van der Waals surface area contributed by atoms with Gasteiger partial charge in [0.15, 0.2) is 0 Å². The SMILES string of the molecule is Cc1cccc(C(=O)N2CCN(C(=O)c3ccccn3)CC2)c1. The fraction of sp³-hybridized carbons (Fsp3) is 0.278. The summed E-state index contributed by atoms with van der Waals surface area (Å²) in [7, 11) is 0. The van der Waals surface area contributed by atoms with Crippen LogP contribution in [0, 0.1) is 6.92 Å². The topological polar surface area (TPSA) is 53.5 Å². The third-order valence-electron chi connectivity index (χ3n) is 4.00. The molecule has 0 saturated carbocycles. The molecule has 1 saturated heterocycles. The van der Waals surface area contributed by atoms with Crippen LogP contribution < -0.4 is 0 Å². The lowest BCUT2D eigenvalue weighted by atomic mass is 10.1. The van der Waals surface area contributed by atoms with Gasteiger partial charge in [-0.2, -0.15) is 0 Å². The number of aryl methyl sites for hydroxylation is 1. The zero-order valence-corrected chi connectivity index (χ0v) is 13.1. The predicted molar refractivity (Wildman–Crippen MR) is 87.2 cm³/mol. The van der Waals surface area contributed by atoms with Gasteiger partial charge in [-0.3, -0.25) is 14.6 Å². The summed E-state index contributed by atoms with van der Waals surface area (Å²) in [6.07, 6.45) is 1.62. The Morgan fingerprint density at radius 2 is 1.61 bits per heavy atom. The average Bonchev–Trinajstić information content (AvgIpc) is 2.61. The molecule has 2 aromatic rings. The summed E-state index contributed by atoms with van der Waals surface area (Å²) in [5, 5.41) is 0. The molecule has 2 heterocycles. The Kier molecular flexibility index (Phi) is 4.37. The molecule has 0 aliphatic carbocycles. The molecule has 5 nitrogen and oxygen atoms in total. The van der Waals surface area contributed by atoms with Gasteiger partial charge >= 0.3 is 0 Å². The van der Waals surface area contributed by atoms with Crippen LogP contribution in [0.15, 0.2) is 48.7 Å². The Bertz CT molecular complexity index is 707. The van der Waals surface area contributed by atoms with Crippen LogP contribution in [0.1, 0.15) is 26.4 Å². The molecule has 0 spiro atoms. The van der Waals surface area contributed by atoms with Crippen molar-refractivity contribution in [2.24, 2.45) is 0 Å². The van der Waals surface area contributed by atoms with Crippen LogP contribution in [0.3, 0.4) is 0 Å². The van der Waals surface area contributed by atoms with Crippen LogP contribution >= 0.6 is 0 Å². The maximum atomic E-state index is 12.5. The number of rotatable bonds is 2. The Hall–Kier alpha value is -2.69. The number of hydrogen-bond donors (Lipinski definition) is 0. The summed E-state index contributed by atoms with van der Waals surface area (Å²) in [6, 6.07) is 12.9. The van der Waals surface area contributed by atoms with Gasteiger partial charge in [0.1, 0.15) is 5.69 Å². The Morgan fingerprint density at radius 3 is 2.22 bits per heavy atom. The van der Waals surface area contributed by atoms with Crippen LogP contribution in [0.4, 0.5) is 0 Å². The van der Waals surface area contributed by atoms with Gasteiger partial charge in [0.2, 0.25) is 0 Å². The number of piperazine rings is 1. The quantitative estimate of drug-likeness (QED) is 0.852. The van der Waals surface area contributed by atoms with E-state index in [1.165, 1.54) is 0 Å². The van der Waals surface area contributed by atoms with Crippen molar-refractivity contribution in [2.75, 3.05) is 26.2 Å². The van der Waals surface area contributed by atoms with Crippen molar-refractivity contribution < 1.29 is 9.59 Å². The summed E-state index contributed by atoms with van der Waals surface area (Å²) in [5.74, 6) is -0.0492. The Labute approximate surface area is 135 Å². The van der Waals surface area contributed by atoms with Crippen molar-refractivity contribution in [3.8, 4) is 0 Å². The highest BCUT2D eigenvalue weighted by Crippen LogP contribution is 2.12. The van der Waals surface area contributed by atoms with E-state index in [0.29, 0.717) is 37.4 Å².